The van der Waals surface area contributed by atoms with Crippen molar-refractivity contribution in [2.24, 2.45) is 5.92 Å². The summed E-state index contributed by atoms with van der Waals surface area (Å²) in [5, 5.41) is 10.4. The number of methoxy groups -OCH3 is 2. The summed E-state index contributed by atoms with van der Waals surface area (Å²) in [4.78, 5) is 0. The number of hydrogen-bond acceptors (Lipinski definition) is 3. The molecule has 1 aliphatic carbocycles. The molecule has 0 heterocycles. The smallest absolute Gasteiger partial charge is 0.166 e. The number of para-hydroxylation sites is 1. The Balaban J connectivity index is 2.29. The molecule has 1 aliphatic rings. The summed E-state index contributed by atoms with van der Waals surface area (Å²) >= 11 is 0. The van der Waals surface area contributed by atoms with Crippen LogP contribution in [-0.2, 0) is 0 Å². The summed E-state index contributed by atoms with van der Waals surface area (Å²) in [6.07, 6.45) is 4.19. The van der Waals surface area contributed by atoms with Gasteiger partial charge in [0.25, 0.3) is 0 Å². The van der Waals surface area contributed by atoms with E-state index in [2.05, 4.69) is 0 Å². The van der Waals surface area contributed by atoms with Crippen molar-refractivity contribution >= 4 is 0 Å². The molecule has 1 atom stereocenters. The molecule has 0 radical (unpaired) electrons. The average Bonchev–Trinajstić information content (AvgIpc) is 2.90. The van der Waals surface area contributed by atoms with E-state index in [-0.39, 0.29) is 0 Å². The minimum atomic E-state index is -0.442. The zero-order chi connectivity index (χ0) is 12.3. The van der Waals surface area contributed by atoms with Crippen LogP contribution in [0.15, 0.2) is 18.2 Å². The second kappa shape index (κ2) is 5.41. The molecule has 0 amide bonds. The predicted molar refractivity (Wildman–Crippen MR) is 66.5 cm³/mol. The lowest BCUT2D eigenvalue weighted by molar-refractivity contribution is 0.108. The molecule has 0 aromatic heterocycles. The molecule has 2 rings (SSSR count). The molecule has 1 fully saturated rings. The van der Waals surface area contributed by atoms with E-state index in [4.69, 9.17) is 9.47 Å². The van der Waals surface area contributed by atoms with E-state index in [1.807, 2.05) is 18.2 Å². The molecule has 3 nitrogen and oxygen atoms in total. The van der Waals surface area contributed by atoms with Crippen molar-refractivity contribution in [2.45, 2.75) is 31.8 Å². The van der Waals surface area contributed by atoms with Crippen molar-refractivity contribution in [2.75, 3.05) is 14.2 Å². The van der Waals surface area contributed by atoms with Gasteiger partial charge in [-0.25, -0.2) is 0 Å². The Labute approximate surface area is 102 Å². The minimum Gasteiger partial charge on any atom is -0.493 e. The lowest BCUT2D eigenvalue weighted by Crippen LogP contribution is -2.10. The molecule has 3 heteroatoms. The largest absolute Gasteiger partial charge is 0.493 e. The zero-order valence-electron chi connectivity index (χ0n) is 10.5. The van der Waals surface area contributed by atoms with Crippen LogP contribution in [-0.4, -0.2) is 19.3 Å². The van der Waals surface area contributed by atoms with E-state index in [0.29, 0.717) is 17.4 Å². The Kier molecular flexibility index (Phi) is 3.89. The van der Waals surface area contributed by atoms with Gasteiger partial charge in [-0.05, 0) is 24.8 Å². The van der Waals surface area contributed by atoms with Gasteiger partial charge in [0.05, 0.1) is 20.3 Å². The molecule has 0 aliphatic heterocycles. The molecule has 0 bridgehead atoms. The van der Waals surface area contributed by atoms with Gasteiger partial charge in [0, 0.05) is 5.56 Å². The lowest BCUT2D eigenvalue weighted by atomic mass is 9.93. The van der Waals surface area contributed by atoms with Gasteiger partial charge in [-0.1, -0.05) is 25.0 Å². The second-order valence-corrected chi connectivity index (χ2v) is 4.57. The Morgan fingerprint density at radius 1 is 1.18 bits per heavy atom. The van der Waals surface area contributed by atoms with E-state index in [1.165, 1.54) is 12.8 Å². The first kappa shape index (κ1) is 12.2. The van der Waals surface area contributed by atoms with E-state index >= 15 is 0 Å². The summed E-state index contributed by atoms with van der Waals surface area (Å²) in [6.45, 7) is 0. The Hall–Kier alpha value is -1.22. The van der Waals surface area contributed by atoms with Gasteiger partial charge in [0.1, 0.15) is 0 Å². The Morgan fingerprint density at radius 2 is 1.88 bits per heavy atom. The highest BCUT2D eigenvalue weighted by molar-refractivity contribution is 5.47. The molecule has 0 saturated heterocycles. The Bertz CT molecular complexity index is 370. The Morgan fingerprint density at radius 3 is 2.47 bits per heavy atom. The molecule has 1 N–H and O–H groups in total. The monoisotopic (exact) mass is 236 g/mol. The van der Waals surface area contributed by atoms with Crippen molar-refractivity contribution in [1.82, 2.24) is 0 Å². The van der Waals surface area contributed by atoms with Gasteiger partial charge in [0.15, 0.2) is 11.5 Å². The maximum absolute atomic E-state index is 10.4. The van der Waals surface area contributed by atoms with Gasteiger partial charge in [-0.2, -0.15) is 0 Å². The van der Waals surface area contributed by atoms with Gasteiger partial charge < -0.3 is 14.6 Å². The highest BCUT2D eigenvalue weighted by Gasteiger charge is 2.27. The number of aliphatic hydroxyl groups is 1. The number of rotatable bonds is 4. The molecule has 1 saturated carbocycles. The fourth-order valence-electron chi connectivity index (χ4n) is 2.67. The molecule has 1 aromatic rings. The van der Waals surface area contributed by atoms with E-state index in [0.717, 1.165) is 18.4 Å². The summed E-state index contributed by atoms with van der Waals surface area (Å²) in [5.41, 5.74) is 0.846. The topological polar surface area (TPSA) is 38.7 Å². The van der Waals surface area contributed by atoms with E-state index in [1.54, 1.807) is 14.2 Å². The second-order valence-electron chi connectivity index (χ2n) is 4.57. The third kappa shape index (κ3) is 2.39. The molecular weight excluding hydrogens is 216 g/mol. The average molecular weight is 236 g/mol. The predicted octanol–water partition coefficient (Wildman–Crippen LogP) is 2.93. The van der Waals surface area contributed by atoms with Crippen molar-refractivity contribution < 1.29 is 14.6 Å². The highest BCUT2D eigenvalue weighted by atomic mass is 16.5. The normalized spacial score (nSPS) is 18.1. The maximum atomic E-state index is 10.4. The molecule has 94 valence electrons. The van der Waals surface area contributed by atoms with Crippen LogP contribution >= 0.6 is 0 Å². The summed E-state index contributed by atoms with van der Waals surface area (Å²) in [7, 11) is 3.23. The maximum Gasteiger partial charge on any atom is 0.166 e. The van der Waals surface area contributed by atoms with Crippen molar-refractivity contribution in [3.8, 4) is 11.5 Å². The van der Waals surface area contributed by atoms with Crippen LogP contribution in [0.5, 0.6) is 11.5 Å². The molecule has 1 aromatic carbocycles. The highest BCUT2D eigenvalue weighted by Crippen LogP contribution is 2.41. The van der Waals surface area contributed by atoms with Crippen molar-refractivity contribution in [1.29, 1.82) is 0 Å². The van der Waals surface area contributed by atoms with Crippen LogP contribution in [0.25, 0.3) is 0 Å². The third-order valence-corrected chi connectivity index (χ3v) is 3.60. The lowest BCUT2D eigenvalue weighted by Gasteiger charge is -2.21. The van der Waals surface area contributed by atoms with Crippen LogP contribution in [0.2, 0.25) is 0 Å². The first-order valence-corrected chi connectivity index (χ1v) is 6.17. The number of aliphatic hydroxyl groups excluding tert-OH is 1. The van der Waals surface area contributed by atoms with Crippen LogP contribution < -0.4 is 9.47 Å². The van der Waals surface area contributed by atoms with Crippen LogP contribution in [0, 0.1) is 5.92 Å². The zero-order valence-corrected chi connectivity index (χ0v) is 10.5. The van der Waals surface area contributed by atoms with Gasteiger partial charge in [0.2, 0.25) is 0 Å². The van der Waals surface area contributed by atoms with Gasteiger partial charge >= 0.3 is 0 Å². The summed E-state index contributed by atoms with van der Waals surface area (Å²) < 4.78 is 10.6. The van der Waals surface area contributed by atoms with E-state index in [9.17, 15) is 5.11 Å². The standard InChI is InChI=1S/C14H20O3/c1-16-12-9-5-8-11(14(12)17-2)13(15)10-6-3-4-7-10/h5,8-10,13,15H,3-4,6-7H2,1-2H3. The van der Waals surface area contributed by atoms with Crippen LogP contribution in [0.1, 0.15) is 37.4 Å². The summed E-state index contributed by atoms with van der Waals surface area (Å²) in [6, 6.07) is 5.67. The fraction of sp³-hybridized carbons (Fsp3) is 0.571. The number of benzene rings is 1. The molecular formula is C14H20O3. The van der Waals surface area contributed by atoms with Crippen molar-refractivity contribution in [3.05, 3.63) is 23.8 Å². The van der Waals surface area contributed by atoms with Gasteiger partial charge in [-0.15, -0.1) is 0 Å². The van der Waals surface area contributed by atoms with Gasteiger partial charge in [-0.3, -0.25) is 0 Å². The van der Waals surface area contributed by atoms with Crippen LogP contribution in [0.3, 0.4) is 0 Å². The first-order valence-electron chi connectivity index (χ1n) is 6.17. The fourth-order valence-corrected chi connectivity index (χ4v) is 2.67. The summed E-state index contributed by atoms with van der Waals surface area (Å²) in [5.74, 6) is 1.70. The molecule has 17 heavy (non-hydrogen) atoms. The van der Waals surface area contributed by atoms with E-state index < -0.39 is 6.10 Å². The quantitative estimate of drug-likeness (QED) is 0.873. The minimum absolute atomic E-state index is 0.357. The number of hydrogen-bond donors (Lipinski definition) is 1. The third-order valence-electron chi connectivity index (χ3n) is 3.60. The molecule has 0 spiro atoms. The SMILES string of the molecule is COc1cccc(C(O)C2CCCC2)c1OC. The first-order chi connectivity index (χ1) is 8.27. The van der Waals surface area contributed by atoms with Crippen LogP contribution in [0.4, 0.5) is 0 Å². The number of ether oxygens (including phenoxy) is 2. The van der Waals surface area contributed by atoms with Crippen molar-refractivity contribution in [3.63, 3.8) is 0 Å². The molecule has 1 unspecified atom stereocenters.